The van der Waals surface area contributed by atoms with Crippen molar-refractivity contribution in [3.05, 3.63) is 66.3 Å². The maximum atomic E-state index is 12.2. The van der Waals surface area contributed by atoms with Crippen LogP contribution in [0.25, 0.3) is 11.3 Å². The number of amides is 1. The molecule has 0 bridgehead atoms. The second-order valence-electron chi connectivity index (χ2n) is 6.98. The Morgan fingerprint density at radius 1 is 1.11 bits per heavy atom. The summed E-state index contributed by atoms with van der Waals surface area (Å²) in [5, 5.41) is 2.97. The molecule has 1 amide bonds. The Bertz CT molecular complexity index is 917. The molecule has 1 fully saturated rings. The van der Waals surface area contributed by atoms with Crippen molar-refractivity contribution in [2.24, 2.45) is 0 Å². The van der Waals surface area contributed by atoms with Crippen LogP contribution in [0.2, 0.25) is 0 Å². The topological polar surface area (TPSA) is 71.3 Å². The molecule has 1 saturated heterocycles. The molecule has 144 valence electrons. The predicted octanol–water partition coefficient (Wildman–Crippen LogP) is 3.59. The number of benzene rings is 1. The second-order valence-corrected chi connectivity index (χ2v) is 6.98. The van der Waals surface area contributed by atoms with Crippen LogP contribution in [-0.2, 0) is 17.8 Å². The number of hydrogen-bond acceptors (Lipinski definition) is 5. The van der Waals surface area contributed by atoms with Crippen molar-refractivity contribution in [1.29, 1.82) is 0 Å². The maximum absolute atomic E-state index is 12.2. The predicted molar refractivity (Wildman–Crippen MR) is 108 cm³/mol. The fraction of sp³-hybridized carbons (Fsp3) is 0.318. The second kappa shape index (κ2) is 8.69. The average Bonchev–Trinajstić information content (AvgIpc) is 3.44. The van der Waals surface area contributed by atoms with Crippen LogP contribution in [0.15, 0.2) is 59.3 Å². The Hall–Kier alpha value is -3.15. The van der Waals surface area contributed by atoms with Crippen LogP contribution in [0.5, 0.6) is 0 Å². The third-order valence-corrected chi connectivity index (χ3v) is 4.91. The van der Waals surface area contributed by atoms with Crippen molar-refractivity contribution in [2.75, 3.05) is 18.0 Å². The molecule has 3 aromatic rings. The van der Waals surface area contributed by atoms with Crippen LogP contribution in [0, 0.1) is 0 Å². The van der Waals surface area contributed by atoms with Gasteiger partial charge in [0.2, 0.25) is 5.91 Å². The normalized spacial score (nSPS) is 13.6. The number of nitrogens with zero attached hydrogens (tertiary/aromatic N) is 3. The van der Waals surface area contributed by atoms with E-state index in [2.05, 4.69) is 26.3 Å². The van der Waals surface area contributed by atoms with Gasteiger partial charge in [-0.2, -0.15) is 0 Å². The smallest absolute Gasteiger partial charge is 0.220 e. The summed E-state index contributed by atoms with van der Waals surface area (Å²) in [6.07, 6.45) is 6.78. The molecule has 1 aliphatic rings. The van der Waals surface area contributed by atoms with Crippen molar-refractivity contribution in [3.63, 3.8) is 0 Å². The molecular formula is C22H24N4O2. The number of anilines is 1. The number of aryl methyl sites for hydroxylation is 1. The standard InChI is InChI=1S/C22H24N4O2/c27-21(8-9-22-25-16-19(28-22)18-6-2-1-3-7-18)24-15-17-10-11-23-20(14-17)26-12-4-5-13-26/h1-3,6-7,10-11,14,16H,4-5,8-9,12-13,15H2,(H,24,27). The maximum Gasteiger partial charge on any atom is 0.220 e. The number of aromatic nitrogens is 2. The van der Waals surface area contributed by atoms with E-state index in [-0.39, 0.29) is 5.91 Å². The molecule has 0 atom stereocenters. The monoisotopic (exact) mass is 376 g/mol. The van der Waals surface area contributed by atoms with E-state index in [0.717, 1.165) is 35.8 Å². The molecule has 28 heavy (non-hydrogen) atoms. The molecule has 0 unspecified atom stereocenters. The van der Waals surface area contributed by atoms with Crippen LogP contribution in [0.4, 0.5) is 5.82 Å². The van der Waals surface area contributed by atoms with Gasteiger partial charge in [-0.3, -0.25) is 4.79 Å². The highest BCUT2D eigenvalue weighted by Crippen LogP contribution is 2.20. The molecular weight excluding hydrogens is 352 g/mol. The molecule has 1 aliphatic heterocycles. The molecule has 3 heterocycles. The Morgan fingerprint density at radius 3 is 2.75 bits per heavy atom. The Labute approximate surface area is 164 Å². The molecule has 0 radical (unpaired) electrons. The Morgan fingerprint density at radius 2 is 1.93 bits per heavy atom. The van der Waals surface area contributed by atoms with Crippen LogP contribution in [0.3, 0.4) is 0 Å². The summed E-state index contributed by atoms with van der Waals surface area (Å²) in [6.45, 7) is 2.62. The van der Waals surface area contributed by atoms with Gasteiger partial charge < -0.3 is 14.6 Å². The highest BCUT2D eigenvalue weighted by molar-refractivity contribution is 5.76. The van der Waals surface area contributed by atoms with E-state index in [9.17, 15) is 4.79 Å². The molecule has 4 rings (SSSR count). The van der Waals surface area contributed by atoms with E-state index in [1.54, 1.807) is 6.20 Å². The molecule has 0 spiro atoms. The van der Waals surface area contributed by atoms with Crippen LogP contribution < -0.4 is 10.2 Å². The van der Waals surface area contributed by atoms with E-state index in [1.807, 2.05) is 42.6 Å². The van der Waals surface area contributed by atoms with Gasteiger partial charge in [0.05, 0.1) is 6.20 Å². The number of carbonyl (C=O) groups is 1. The number of hydrogen-bond donors (Lipinski definition) is 1. The van der Waals surface area contributed by atoms with Crippen LogP contribution >= 0.6 is 0 Å². The van der Waals surface area contributed by atoms with E-state index < -0.39 is 0 Å². The molecule has 1 aromatic carbocycles. The molecule has 2 aromatic heterocycles. The zero-order valence-electron chi connectivity index (χ0n) is 15.8. The summed E-state index contributed by atoms with van der Waals surface area (Å²) >= 11 is 0. The lowest BCUT2D eigenvalue weighted by Gasteiger charge is -2.17. The van der Waals surface area contributed by atoms with Gasteiger partial charge in [-0.25, -0.2) is 9.97 Å². The number of carbonyl (C=O) groups excluding carboxylic acids is 1. The lowest BCUT2D eigenvalue weighted by atomic mass is 10.2. The molecule has 0 saturated carbocycles. The van der Waals surface area contributed by atoms with Crippen molar-refractivity contribution < 1.29 is 9.21 Å². The summed E-state index contributed by atoms with van der Waals surface area (Å²) in [4.78, 5) is 23.2. The minimum absolute atomic E-state index is 0.0148. The van der Waals surface area contributed by atoms with Gasteiger partial charge in [0.15, 0.2) is 11.7 Å². The fourth-order valence-electron chi connectivity index (χ4n) is 3.36. The first kappa shape index (κ1) is 18.2. The van der Waals surface area contributed by atoms with Crippen molar-refractivity contribution in [2.45, 2.75) is 32.2 Å². The summed E-state index contributed by atoms with van der Waals surface area (Å²) in [6, 6.07) is 13.8. The summed E-state index contributed by atoms with van der Waals surface area (Å²) in [5.41, 5.74) is 2.05. The number of oxazole rings is 1. The van der Waals surface area contributed by atoms with Gasteiger partial charge in [0, 0.05) is 44.2 Å². The van der Waals surface area contributed by atoms with Crippen molar-refractivity contribution in [3.8, 4) is 11.3 Å². The van der Waals surface area contributed by atoms with E-state index in [4.69, 9.17) is 4.42 Å². The van der Waals surface area contributed by atoms with Crippen LogP contribution in [0.1, 0.15) is 30.7 Å². The largest absolute Gasteiger partial charge is 0.441 e. The summed E-state index contributed by atoms with van der Waals surface area (Å²) < 4.78 is 5.75. The highest BCUT2D eigenvalue weighted by atomic mass is 16.4. The zero-order chi connectivity index (χ0) is 19.2. The first-order chi connectivity index (χ1) is 13.8. The first-order valence-electron chi connectivity index (χ1n) is 9.74. The van der Waals surface area contributed by atoms with E-state index in [0.29, 0.717) is 25.3 Å². The number of nitrogens with one attached hydrogen (secondary N) is 1. The molecule has 6 nitrogen and oxygen atoms in total. The Kier molecular flexibility index (Phi) is 5.66. The van der Waals surface area contributed by atoms with Crippen molar-refractivity contribution >= 4 is 11.7 Å². The van der Waals surface area contributed by atoms with Gasteiger partial charge in [0.1, 0.15) is 5.82 Å². The highest BCUT2D eigenvalue weighted by Gasteiger charge is 2.14. The average molecular weight is 376 g/mol. The quantitative estimate of drug-likeness (QED) is 0.682. The lowest BCUT2D eigenvalue weighted by Crippen LogP contribution is -2.24. The van der Waals surface area contributed by atoms with E-state index in [1.165, 1.54) is 12.8 Å². The zero-order valence-corrected chi connectivity index (χ0v) is 15.8. The number of rotatable bonds is 7. The first-order valence-corrected chi connectivity index (χ1v) is 9.74. The molecule has 6 heteroatoms. The van der Waals surface area contributed by atoms with Crippen molar-refractivity contribution in [1.82, 2.24) is 15.3 Å². The molecule has 0 aliphatic carbocycles. The summed E-state index contributed by atoms with van der Waals surface area (Å²) in [5.74, 6) is 2.29. The molecule has 1 N–H and O–H groups in total. The summed E-state index contributed by atoms with van der Waals surface area (Å²) in [7, 11) is 0. The van der Waals surface area contributed by atoms with Gasteiger partial charge >= 0.3 is 0 Å². The van der Waals surface area contributed by atoms with E-state index >= 15 is 0 Å². The SMILES string of the molecule is O=C(CCc1ncc(-c2ccccc2)o1)NCc1ccnc(N2CCCC2)c1. The minimum Gasteiger partial charge on any atom is -0.441 e. The van der Waals surface area contributed by atoms with Gasteiger partial charge in [0.25, 0.3) is 0 Å². The van der Waals surface area contributed by atoms with Gasteiger partial charge in [-0.1, -0.05) is 30.3 Å². The fourth-order valence-corrected chi connectivity index (χ4v) is 3.36. The Balaban J connectivity index is 1.26. The van der Waals surface area contributed by atoms with Gasteiger partial charge in [-0.05, 0) is 30.5 Å². The third kappa shape index (κ3) is 4.57. The minimum atomic E-state index is -0.0148. The van der Waals surface area contributed by atoms with Crippen LogP contribution in [-0.4, -0.2) is 29.0 Å². The lowest BCUT2D eigenvalue weighted by molar-refractivity contribution is -0.121. The third-order valence-electron chi connectivity index (χ3n) is 4.91. The number of pyridine rings is 1. The van der Waals surface area contributed by atoms with Gasteiger partial charge in [-0.15, -0.1) is 0 Å².